The minimum atomic E-state index is -0.717. The maximum absolute atomic E-state index is 11.9. The predicted molar refractivity (Wildman–Crippen MR) is 142 cm³/mol. The molecule has 1 aromatic rings. The summed E-state index contributed by atoms with van der Waals surface area (Å²) >= 11 is 3.15. The Morgan fingerprint density at radius 3 is 2.06 bits per heavy atom. The van der Waals surface area contributed by atoms with E-state index in [4.69, 9.17) is 14.2 Å². The fourth-order valence-electron chi connectivity index (χ4n) is 2.74. The van der Waals surface area contributed by atoms with Gasteiger partial charge in [0.2, 0.25) is 0 Å². The highest BCUT2D eigenvalue weighted by atomic mass is 79.9. The maximum Gasteiger partial charge on any atom is 0.333 e. The van der Waals surface area contributed by atoms with Crippen LogP contribution in [0.4, 0.5) is 5.69 Å². The third kappa shape index (κ3) is 12.1. The van der Waals surface area contributed by atoms with Crippen molar-refractivity contribution in [1.29, 1.82) is 0 Å². The Labute approximate surface area is 220 Å². The molecule has 0 aliphatic carbocycles. The van der Waals surface area contributed by atoms with Crippen LogP contribution in [0.5, 0.6) is 0 Å². The quantitative estimate of drug-likeness (QED) is 0.116. The first-order chi connectivity index (χ1) is 16.8. The van der Waals surface area contributed by atoms with Crippen molar-refractivity contribution in [3.8, 4) is 0 Å². The number of para-hydroxylation sites is 1. The van der Waals surface area contributed by atoms with Gasteiger partial charge in [0.1, 0.15) is 23.3 Å². The summed E-state index contributed by atoms with van der Waals surface area (Å²) in [6.45, 7) is 13.8. The fourth-order valence-corrected chi connectivity index (χ4v) is 2.85. The number of benzene rings is 1. The summed E-state index contributed by atoms with van der Waals surface area (Å²) in [5.41, 5.74) is 3.76. The molecule has 9 heteroatoms. The van der Waals surface area contributed by atoms with E-state index < -0.39 is 22.2 Å². The van der Waals surface area contributed by atoms with Gasteiger partial charge in [0.25, 0.3) is 0 Å². The van der Waals surface area contributed by atoms with Gasteiger partial charge in [-0.1, -0.05) is 47.3 Å². The first-order valence-corrected chi connectivity index (χ1v) is 12.3. The molecule has 0 fully saturated rings. The molecule has 0 atom stereocenters. The second-order valence-corrected chi connectivity index (χ2v) is 10.7. The highest BCUT2D eigenvalue weighted by molar-refractivity contribution is 9.10. The summed E-state index contributed by atoms with van der Waals surface area (Å²) < 4.78 is 13.8. The zero-order valence-corrected chi connectivity index (χ0v) is 22.9. The van der Waals surface area contributed by atoms with Gasteiger partial charge in [0.05, 0.1) is 12.3 Å². The Hall–Kier alpha value is -3.07. The van der Waals surface area contributed by atoms with Crippen molar-refractivity contribution in [3.05, 3.63) is 54.1 Å². The molecule has 2 rings (SSSR count). The fraction of sp³-hybridized carbons (Fsp3) is 0.444. The van der Waals surface area contributed by atoms with Crippen LogP contribution in [0.3, 0.4) is 0 Å². The molecule has 196 valence electrons. The normalized spacial score (nSPS) is 11.8. The molecule has 0 saturated carbocycles. The first-order valence-electron chi connectivity index (χ1n) is 11.5. The number of ether oxygens (including phenoxy) is 3. The van der Waals surface area contributed by atoms with E-state index in [-0.39, 0.29) is 25.6 Å². The van der Waals surface area contributed by atoms with Crippen LogP contribution in [0.1, 0.15) is 52.5 Å². The van der Waals surface area contributed by atoms with E-state index in [0.29, 0.717) is 30.4 Å². The number of hydrogen-bond donors (Lipinski definition) is 0. The summed E-state index contributed by atoms with van der Waals surface area (Å²) in [5.74, 6) is -1.15. The number of fused-ring (bicyclic) bond motifs is 1. The van der Waals surface area contributed by atoms with Gasteiger partial charge in [-0.3, -0.25) is 14.6 Å². The highest BCUT2D eigenvalue weighted by Crippen LogP contribution is 2.27. The molecule has 0 amide bonds. The van der Waals surface area contributed by atoms with Crippen molar-refractivity contribution >= 4 is 51.0 Å². The number of nitrogens with zero attached hydrogens (tertiary/aromatic N) is 1. The highest BCUT2D eigenvalue weighted by Gasteiger charge is 2.25. The number of aliphatic imine (C=N–C) groups is 1. The third-order valence-electron chi connectivity index (χ3n) is 4.63. The topological polar surface area (TPSA) is 108 Å². The van der Waals surface area contributed by atoms with Crippen LogP contribution in [0.15, 0.2) is 53.6 Å². The van der Waals surface area contributed by atoms with Crippen LogP contribution >= 0.6 is 15.9 Å². The minimum absolute atomic E-state index is 0.0422. The molecule has 0 radical (unpaired) electrons. The van der Waals surface area contributed by atoms with Gasteiger partial charge < -0.3 is 14.2 Å². The number of halogens is 1. The Morgan fingerprint density at radius 1 is 0.944 bits per heavy atom. The SMILES string of the molecule is C=C(C)C(=O)OCCCC(=O)CC1=Nc2ccccc2C1.C=C(C)C(=O)OCCOC(=O)C(C)(C)Br. The van der Waals surface area contributed by atoms with Crippen molar-refractivity contribution in [1.82, 2.24) is 0 Å². The zero-order valence-electron chi connectivity index (χ0n) is 21.4. The molecule has 1 aliphatic heterocycles. The Kier molecular flexibility index (Phi) is 13.0. The molecule has 8 nitrogen and oxygen atoms in total. The summed E-state index contributed by atoms with van der Waals surface area (Å²) in [6, 6.07) is 7.93. The molecule has 0 saturated heterocycles. The van der Waals surface area contributed by atoms with Gasteiger partial charge in [-0.15, -0.1) is 0 Å². The lowest BCUT2D eigenvalue weighted by molar-refractivity contribution is -0.151. The number of carbonyl (C=O) groups excluding carboxylic acids is 4. The number of hydrogen-bond acceptors (Lipinski definition) is 8. The van der Waals surface area contributed by atoms with Crippen molar-refractivity contribution < 1.29 is 33.4 Å². The average Bonchev–Trinajstić information content (AvgIpc) is 3.20. The van der Waals surface area contributed by atoms with E-state index in [1.807, 2.05) is 24.3 Å². The van der Waals surface area contributed by atoms with Crippen molar-refractivity contribution in [2.45, 2.75) is 57.7 Å². The van der Waals surface area contributed by atoms with E-state index in [0.717, 1.165) is 17.8 Å². The molecule has 0 spiro atoms. The van der Waals surface area contributed by atoms with Crippen molar-refractivity contribution in [2.24, 2.45) is 4.99 Å². The number of Topliss-reactive ketones (excluding diaryl/α,β-unsaturated/α-hetero) is 1. The number of rotatable bonds is 12. The number of ketones is 1. The second kappa shape index (κ2) is 15.1. The summed E-state index contributed by atoms with van der Waals surface area (Å²) in [6.07, 6.45) is 2.08. The molecule has 36 heavy (non-hydrogen) atoms. The smallest absolute Gasteiger partial charge is 0.333 e. The average molecular weight is 564 g/mol. The summed E-state index contributed by atoms with van der Waals surface area (Å²) in [5, 5.41) is 0. The van der Waals surface area contributed by atoms with Crippen LogP contribution in [0.25, 0.3) is 0 Å². The first kappa shape index (κ1) is 31.0. The van der Waals surface area contributed by atoms with Crippen molar-refractivity contribution in [3.63, 3.8) is 0 Å². The molecule has 1 aliphatic rings. The monoisotopic (exact) mass is 563 g/mol. The van der Waals surface area contributed by atoms with Crippen molar-refractivity contribution in [2.75, 3.05) is 19.8 Å². The summed E-state index contributed by atoms with van der Waals surface area (Å²) in [4.78, 5) is 49.7. The second-order valence-electron chi connectivity index (χ2n) is 8.74. The third-order valence-corrected chi connectivity index (χ3v) is 4.95. The molecule has 0 unspecified atom stereocenters. The van der Waals surface area contributed by atoms with Gasteiger partial charge in [0, 0.05) is 36.1 Å². The number of esters is 3. The van der Waals surface area contributed by atoms with Gasteiger partial charge in [0.15, 0.2) is 0 Å². The van der Waals surface area contributed by atoms with E-state index in [9.17, 15) is 19.2 Å². The molecular formula is C27H34BrNO7. The largest absolute Gasteiger partial charge is 0.462 e. The number of carbonyl (C=O) groups is 4. The Bertz CT molecular complexity index is 1020. The molecule has 0 N–H and O–H groups in total. The van der Waals surface area contributed by atoms with Gasteiger partial charge in [-0.05, 0) is 45.7 Å². The molecule has 0 aromatic heterocycles. The molecular weight excluding hydrogens is 530 g/mol. The Balaban J connectivity index is 0.000000384. The standard InChI is InChI=1S/C17H19NO3.C10H15BrO4/c1-12(2)17(20)21-9-5-7-15(19)11-14-10-13-6-3-4-8-16(13)18-14;1-7(2)8(12)14-5-6-15-9(13)10(3,4)11/h3-4,6,8H,1,5,7,9-11H2,2H3;1,5-6H2,2-4H3. The van der Waals surface area contributed by atoms with E-state index in [2.05, 4.69) is 34.1 Å². The van der Waals surface area contributed by atoms with Crippen LogP contribution in [0, 0.1) is 0 Å². The van der Waals surface area contributed by atoms with Crippen LogP contribution < -0.4 is 0 Å². The molecule has 0 bridgehead atoms. The summed E-state index contributed by atoms with van der Waals surface area (Å²) in [7, 11) is 0. The van der Waals surface area contributed by atoms with Gasteiger partial charge in [-0.25, -0.2) is 9.59 Å². The lowest BCUT2D eigenvalue weighted by Gasteiger charge is -2.14. The Morgan fingerprint density at radius 2 is 1.50 bits per heavy atom. The van der Waals surface area contributed by atoms with E-state index in [1.165, 1.54) is 5.56 Å². The van der Waals surface area contributed by atoms with E-state index >= 15 is 0 Å². The minimum Gasteiger partial charge on any atom is -0.462 e. The van der Waals surface area contributed by atoms with Crippen LogP contribution in [0.2, 0.25) is 0 Å². The molecule has 1 aromatic carbocycles. The zero-order chi connectivity index (χ0) is 27.3. The number of alkyl halides is 1. The lowest BCUT2D eigenvalue weighted by Crippen LogP contribution is -2.28. The maximum atomic E-state index is 11.9. The van der Waals surface area contributed by atoms with E-state index in [1.54, 1.807) is 27.7 Å². The lowest BCUT2D eigenvalue weighted by atomic mass is 10.0. The van der Waals surface area contributed by atoms with Gasteiger partial charge >= 0.3 is 17.9 Å². The predicted octanol–water partition coefficient (Wildman–Crippen LogP) is 5.00. The van der Waals surface area contributed by atoms with Crippen LogP contribution in [-0.2, 0) is 39.8 Å². The van der Waals surface area contributed by atoms with Gasteiger partial charge in [-0.2, -0.15) is 0 Å². The van der Waals surface area contributed by atoms with Crippen LogP contribution in [-0.4, -0.2) is 53.5 Å². The molecule has 1 heterocycles.